The van der Waals surface area contributed by atoms with Crippen molar-refractivity contribution < 1.29 is 14.1 Å². The van der Waals surface area contributed by atoms with Crippen molar-refractivity contribution in [2.24, 2.45) is 0 Å². The Morgan fingerprint density at radius 3 is 2.96 bits per heavy atom. The normalized spacial score (nSPS) is 13.8. The number of benzene rings is 2. The number of aryl methyl sites for hydroxylation is 1. The predicted molar refractivity (Wildman–Crippen MR) is 97.5 cm³/mol. The molecule has 0 radical (unpaired) electrons. The molecule has 26 heavy (non-hydrogen) atoms. The van der Waals surface area contributed by atoms with E-state index in [0.717, 1.165) is 40.8 Å². The van der Waals surface area contributed by atoms with Gasteiger partial charge >= 0.3 is 0 Å². The first-order valence-corrected chi connectivity index (χ1v) is 8.58. The third kappa shape index (κ3) is 3.36. The fraction of sp³-hybridized carbons (Fsp3) is 0.250. The first-order valence-electron chi connectivity index (χ1n) is 8.58. The number of fused-ring (bicyclic) bond motifs is 1. The Hall–Kier alpha value is -2.99. The minimum Gasteiger partial charge on any atom is -0.380 e. The average molecular weight is 349 g/mol. The quantitative estimate of drug-likeness (QED) is 0.775. The monoisotopic (exact) mass is 349 g/mol. The van der Waals surface area contributed by atoms with Crippen LogP contribution in [0.1, 0.15) is 24.0 Å². The molecule has 0 bridgehead atoms. The van der Waals surface area contributed by atoms with E-state index in [1.807, 2.05) is 42.5 Å². The van der Waals surface area contributed by atoms with E-state index in [1.54, 1.807) is 7.11 Å². The number of carbonyl (C=O) groups is 1. The molecular formula is C20H19N3O3. The second-order valence-electron chi connectivity index (χ2n) is 6.33. The summed E-state index contributed by atoms with van der Waals surface area (Å²) in [6.07, 6.45) is 2.23. The molecule has 3 aromatic rings. The SMILES string of the molecule is COCc1cccc(-c2noc(-c3ccc4c(c3)CCCC(=O)N4)n2)c1. The molecule has 2 aromatic carbocycles. The molecular weight excluding hydrogens is 330 g/mol. The van der Waals surface area contributed by atoms with Gasteiger partial charge in [0.15, 0.2) is 0 Å². The molecule has 1 aliphatic rings. The third-order valence-corrected chi connectivity index (χ3v) is 4.40. The maximum Gasteiger partial charge on any atom is 0.258 e. The van der Waals surface area contributed by atoms with Gasteiger partial charge in [-0.2, -0.15) is 4.98 Å². The number of aromatic nitrogens is 2. The zero-order chi connectivity index (χ0) is 17.9. The molecule has 0 fully saturated rings. The molecule has 0 unspecified atom stereocenters. The van der Waals surface area contributed by atoms with E-state index >= 15 is 0 Å². The van der Waals surface area contributed by atoms with Crippen molar-refractivity contribution in [3.05, 3.63) is 53.6 Å². The zero-order valence-corrected chi connectivity index (χ0v) is 14.5. The fourth-order valence-electron chi connectivity index (χ4n) is 3.13. The van der Waals surface area contributed by atoms with Crippen molar-refractivity contribution in [2.75, 3.05) is 12.4 Å². The van der Waals surface area contributed by atoms with Gasteiger partial charge in [-0.05, 0) is 48.2 Å². The fourth-order valence-corrected chi connectivity index (χ4v) is 3.13. The van der Waals surface area contributed by atoms with Crippen molar-refractivity contribution in [1.29, 1.82) is 0 Å². The molecule has 1 N–H and O–H groups in total. The topological polar surface area (TPSA) is 77.2 Å². The molecule has 0 saturated carbocycles. The summed E-state index contributed by atoms with van der Waals surface area (Å²) in [6, 6.07) is 13.7. The van der Waals surface area contributed by atoms with Gasteiger partial charge in [0.05, 0.1) is 6.61 Å². The molecule has 6 nitrogen and oxygen atoms in total. The number of carbonyl (C=O) groups excluding carboxylic acids is 1. The van der Waals surface area contributed by atoms with Crippen molar-refractivity contribution >= 4 is 11.6 Å². The molecule has 0 aliphatic carbocycles. The summed E-state index contributed by atoms with van der Waals surface area (Å²) in [5.74, 6) is 1.07. The van der Waals surface area contributed by atoms with Crippen LogP contribution < -0.4 is 5.32 Å². The largest absolute Gasteiger partial charge is 0.380 e. The van der Waals surface area contributed by atoms with Gasteiger partial charge < -0.3 is 14.6 Å². The minimum atomic E-state index is 0.0625. The van der Waals surface area contributed by atoms with Crippen LogP contribution in [0.5, 0.6) is 0 Å². The van der Waals surface area contributed by atoms with Gasteiger partial charge in [-0.15, -0.1) is 0 Å². The molecule has 132 valence electrons. The highest BCUT2D eigenvalue weighted by Gasteiger charge is 2.16. The van der Waals surface area contributed by atoms with Crippen molar-refractivity contribution in [3.63, 3.8) is 0 Å². The molecule has 0 saturated heterocycles. The van der Waals surface area contributed by atoms with Gasteiger partial charge in [0, 0.05) is 30.3 Å². The van der Waals surface area contributed by atoms with E-state index in [9.17, 15) is 4.79 Å². The zero-order valence-electron chi connectivity index (χ0n) is 14.5. The first-order chi connectivity index (χ1) is 12.7. The Balaban J connectivity index is 1.63. The van der Waals surface area contributed by atoms with Crippen LogP contribution >= 0.6 is 0 Å². The molecule has 1 aliphatic heterocycles. The number of ether oxygens (including phenoxy) is 1. The number of rotatable bonds is 4. The van der Waals surface area contributed by atoms with Gasteiger partial charge in [0.2, 0.25) is 11.7 Å². The Labute approximate surface area is 151 Å². The summed E-state index contributed by atoms with van der Waals surface area (Å²) in [5, 5.41) is 7.04. The van der Waals surface area contributed by atoms with Gasteiger partial charge in [0.25, 0.3) is 5.89 Å². The van der Waals surface area contributed by atoms with Crippen LogP contribution in [0.4, 0.5) is 5.69 Å². The second-order valence-corrected chi connectivity index (χ2v) is 6.33. The summed E-state index contributed by atoms with van der Waals surface area (Å²) in [5.41, 5.74) is 4.75. The van der Waals surface area contributed by atoms with Crippen molar-refractivity contribution in [2.45, 2.75) is 25.9 Å². The number of anilines is 1. The number of amides is 1. The van der Waals surface area contributed by atoms with Crippen LogP contribution in [0.15, 0.2) is 47.0 Å². The van der Waals surface area contributed by atoms with Gasteiger partial charge in [0.1, 0.15) is 0 Å². The molecule has 4 rings (SSSR count). The van der Waals surface area contributed by atoms with E-state index in [-0.39, 0.29) is 5.91 Å². The third-order valence-electron chi connectivity index (χ3n) is 4.40. The van der Waals surface area contributed by atoms with Crippen LogP contribution in [-0.4, -0.2) is 23.2 Å². The Kier molecular flexibility index (Phi) is 4.50. The smallest absolute Gasteiger partial charge is 0.258 e. The first kappa shape index (κ1) is 16.5. The van der Waals surface area contributed by atoms with Gasteiger partial charge in [-0.3, -0.25) is 4.79 Å². The number of methoxy groups -OCH3 is 1. The maximum atomic E-state index is 11.7. The van der Waals surface area contributed by atoms with Gasteiger partial charge in [-0.1, -0.05) is 23.4 Å². The summed E-state index contributed by atoms with van der Waals surface area (Å²) in [6.45, 7) is 0.537. The standard InChI is InChI=1S/C20H19N3O3/c1-25-12-13-4-2-6-15(10-13)19-22-20(26-23-19)16-8-9-17-14(11-16)5-3-7-18(24)21-17/h2,4,6,8-11H,3,5,7,12H2,1H3,(H,21,24). The lowest BCUT2D eigenvalue weighted by Crippen LogP contribution is -2.09. The van der Waals surface area contributed by atoms with Crippen LogP contribution in [0.3, 0.4) is 0 Å². The van der Waals surface area contributed by atoms with Crippen molar-refractivity contribution in [3.8, 4) is 22.8 Å². The number of nitrogens with zero attached hydrogens (tertiary/aromatic N) is 2. The van der Waals surface area contributed by atoms with E-state index in [0.29, 0.717) is 24.7 Å². The molecule has 1 amide bonds. The van der Waals surface area contributed by atoms with E-state index in [4.69, 9.17) is 9.26 Å². The molecule has 6 heteroatoms. The van der Waals surface area contributed by atoms with Crippen LogP contribution in [0, 0.1) is 0 Å². The Morgan fingerprint density at radius 2 is 2.08 bits per heavy atom. The Morgan fingerprint density at radius 1 is 1.15 bits per heavy atom. The molecule has 2 heterocycles. The molecule has 1 aromatic heterocycles. The van der Waals surface area contributed by atoms with E-state index in [2.05, 4.69) is 15.5 Å². The summed E-state index contributed by atoms with van der Waals surface area (Å²) in [4.78, 5) is 16.2. The highest BCUT2D eigenvalue weighted by Crippen LogP contribution is 2.29. The second kappa shape index (κ2) is 7.09. The van der Waals surface area contributed by atoms with Crippen molar-refractivity contribution in [1.82, 2.24) is 10.1 Å². The highest BCUT2D eigenvalue weighted by atomic mass is 16.5. The maximum absolute atomic E-state index is 11.7. The average Bonchev–Trinajstić information content (AvgIpc) is 3.06. The van der Waals surface area contributed by atoms with Gasteiger partial charge in [-0.25, -0.2) is 0 Å². The van der Waals surface area contributed by atoms with Crippen LogP contribution in [-0.2, 0) is 22.6 Å². The summed E-state index contributed by atoms with van der Waals surface area (Å²) >= 11 is 0. The van der Waals surface area contributed by atoms with Crippen LogP contribution in [0.2, 0.25) is 0 Å². The minimum absolute atomic E-state index is 0.0625. The lowest BCUT2D eigenvalue weighted by atomic mass is 10.0. The van der Waals surface area contributed by atoms with E-state index in [1.165, 1.54) is 0 Å². The highest BCUT2D eigenvalue weighted by molar-refractivity contribution is 5.92. The summed E-state index contributed by atoms with van der Waals surface area (Å²) in [7, 11) is 1.67. The number of hydrogen-bond donors (Lipinski definition) is 1. The molecule has 0 spiro atoms. The van der Waals surface area contributed by atoms with Crippen LogP contribution in [0.25, 0.3) is 22.8 Å². The van der Waals surface area contributed by atoms with E-state index < -0.39 is 0 Å². The Bertz CT molecular complexity index is 949. The lowest BCUT2D eigenvalue weighted by molar-refractivity contribution is -0.116. The lowest BCUT2D eigenvalue weighted by Gasteiger charge is -2.07. The number of nitrogens with one attached hydrogen (secondary N) is 1. The number of hydrogen-bond acceptors (Lipinski definition) is 5. The molecule has 0 atom stereocenters. The predicted octanol–water partition coefficient (Wildman–Crippen LogP) is 3.82. The summed E-state index contributed by atoms with van der Waals surface area (Å²) < 4.78 is 10.6.